The van der Waals surface area contributed by atoms with Gasteiger partial charge in [-0.05, 0) is 78.1 Å². The van der Waals surface area contributed by atoms with Crippen molar-refractivity contribution in [3.8, 4) is 5.75 Å². The first kappa shape index (κ1) is 33.7. The highest BCUT2D eigenvalue weighted by atomic mass is 35.5. The second-order valence-corrected chi connectivity index (χ2v) is 14.1. The molecule has 4 heterocycles. The van der Waals surface area contributed by atoms with Crippen molar-refractivity contribution < 1.29 is 23.9 Å². The van der Waals surface area contributed by atoms with Gasteiger partial charge in [-0.15, -0.1) is 0 Å². The molecule has 4 atom stereocenters. The van der Waals surface area contributed by atoms with Crippen LogP contribution >= 0.6 is 11.6 Å². The average molecular weight is 696 g/mol. The van der Waals surface area contributed by atoms with Crippen molar-refractivity contribution in [2.75, 3.05) is 39.8 Å². The van der Waals surface area contributed by atoms with Crippen LogP contribution in [0.5, 0.6) is 5.75 Å². The average Bonchev–Trinajstić information content (AvgIpc) is 3.88. The maximum atomic E-state index is 14.2. The molecule has 260 valence electrons. The number of hydrogen-bond acceptors (Lipinski definition) is 5. The maximum Gasteiger partial charge on any atom is 0.253 e. The molecule has 3 aliphatic heterocycles. The van der Waals surface area contributed by atoms with Crippen molar-refractivity contribution in [3.05, 3.63) is 100 Å². The number of piperidine rings is 1. The summed E-state index contributed by atoms with van der Waals surface area (Å²) in [6.45, 7) is 2.10. The Kier molecular flexibility index (Phi) is 9.81. The van der Waals surface area contributed by atoms with Crippen LogP contribution in [0.1, 0.15) is 39.9 Å². The standard InChI is InChI=1S/C39H42ClN5O5/c1-41-38(48)33(9-5-8-24-6-3-2-4-7-24)43-37(47)32-23-44(36(46)17-27-19-42-34-18-29(40)11-12-30(27)34)20-28-21-45(22-31(28)32)39(49)26-10-13-35-25(16-26)14-15-50-35/h2-4,6-7,10-13,16,18-19,28,31-33,42H,5,8-9,14-15,17,20-23H2,1H3,(H,41,48)(H,43,47)/t28?,31?,32?,33-/m0/s1. The fourth-order valence-electron chi connectivity index (χ4n) is 7.88. The molecule has 7 rings (SSSR count). The molecule has 4 amide bonds. The number of aromatic amines is 1. The van der Waals surface area contributed by atoms with Crippen LogP contribution in [0.3, 0.4) is 0 Å². The predicted octanol–water partition coefficient (Wildman–Crippen LogP) is 4.40. The van der Waals surface area contributed by atoms with Crippen LogP contribution in [0, 0.1) is 17.8 Å². The number of likely N-dealkylation sites (N-methyl/N-ethyl adjacent to an activating group) is 1. The Morgan fingerprint density at radius 3 is 2.62 bits per heavy atom. The predicted molar refractivity (Wildman–Crippen MR) is 191 cm³/mol. The number of benzene rings is 3. The smallest absolute Gasteiger partial charge is 0.253 e. The molecule has 4 aromatic rings. The van der Waals surface area contributed by atoms with Crippen LogP contribution in [0.4, 0.5) is 0 Å². The van der Waals surface area contributed by atoms with Crippen molar-refractivity contribution in [2.24, 2.45) is 17.8 Å². The van der Waals surface area contributed by atoms with Crippen LogP contribution in [-0.4, -0.2) is 84.3 Å². The van der Waals surface area contributed by atoms with Crippen LogP contribution in [-0.2, 0) is 33.6 Å². The first-order valence-corrected chi connectivity index (χ1v) is 17.8. The summed E-state index contributed by atoms with van der Waals surface area (Å²) in [6, 6.07) is 20.4. The Bertz CT molecular complexity index is 1910. The number of halogens is 1. The first-order chi connectivity index (χ1) is 24.3. The van der Waals surface area contributed by atoms with Crippen LogP contribution in [0.15, 0.2) is 72.9 Å². The molecule has 2 saturated heterocycles. The number of aromatic nitrogens is 1. The van der Waals surface area contributed by atoms with E-state index in [1.165, 1.54) is 5.56 Å². The summed E-state index contributed by atoms with van der Waals surface area (Å²) in [6.07, 6.45) is 4.73. The van der Waals surface area contributed by atoms with E-state index in [0.29, 0.717) is 49.7 Å². The molecule has 0 aliphatic carbocycles. The third kappa shape index (κ3) is 7.07. The molecule has 2 fully saturated rings. The minimum Gasteiger partial charge on any atom is -0.493 e. The topological polar surface area (TPSA) is 124 Å². The Hall–Kier alpha value is -4.83. The molecular formula is C39H42ClN5O5. The molecule has 0 radical (unpaired) electrons. The molecule has 3 aromatic carbocycles. The van der Waals surface area contributed by atoms with E-state index in [1.54, 1.807) is 24.1 Å². The van der Waals surface area contributed by atoms with Gasteiger partial charge in [-0.25, -0.2) is 0 Å². The third-order valence-corrected chi connectivity index (χ3v) is 10.8. The van der Waals surface area contributed by atoms with Gasteiger partial charge in [0.1, 0.15) is 11.8 Å². The molecule has 0 spiro atoms. The number of fused-ring (bicyclic) bond motifs is 3. The molecule has 3 aliphatic rings. The molecule has 3 N–H and O–H groups in total. The Morgan fingerprint density at radius 2 is 1.80 bits per heavy atom. The minimum absolute atomic E-state index is 0.0901. The van der Waals surface area contributed by atoms with Crippen molar-refractivity contribution in [1.29, 1.82) is 0 Å². The number of likely N-dealkylation sites (tertiary alicyclic amines) is 2. The van der Waals surface area contributed by atoms with E-state index in [1.807, 2.05) is 53.6 Å². The van der Waals surface area contributed by atoms with Gasteiger partial charge in [0.25, 0.3) is 5.91 Å². The number of nitrogens with one attached hydrogen (secondary N) is 3. The second kappa shape index (κ2) is 14.6. The molecular weight excluding hydrogens is 654 g/mol. The van der Waals surface area contributed by atoms with Gasteiger partial charge in [0.05, 0.1) is 18.9 Å². The van der Waals surface area contributed by atoms with Crippen molar-refractivity contribution in [2.45, 2.75) is 38.1 Å². The van der Waals surface area contributed by atoms with Crippen molar-refractivity contribution >= 4 is 46.1 Å². The zero-order valence-corrected chi connectivity index (χ0v) is 28.9. The number of amides is 4. The van der Waals surface area contributed by atoms with E-state index < -0.39 is 12.0 Å². The van der Waals surface area contributed by atoms with Crippen molar-refractivity contribution in [1.82, 2.24) is 25.4 Å². The molecule has 50 heavy (non-hydrogen) atoms. The Balaban J connectivity index is 1.10. The lowest BCUT2D eigenvalue weighted by Crippen LogP contribution is -2.56. The van der Waals surface area contributed by atoms with Gasteiger partial charge in [0.2, 0.25) is 17.7 Å². The molecule has 1 aromatic heterocycles. The SMILES string of the molecule is CNC(=O)[C@H](CCCc1ccccc1)NC(=O)C1CN(C(=O)Cc2c[nH]c3cc(Cl)ccc23)CC2CN(C(=O)c3ccc4c(c3)CCO4)CC21. The highest BCUT2D eigenvalue weighted by molar-refractivity contribution is 6.31. The minimum atomic E-state index is -0.716. The van der Waals surface area contributed by atoms with E-state index >= 15 is 0 Å². The number of carbonyl (C=O) groups excluding carboxylic acids is 4. The van der Waals surface area contributed by atoms with Crippen LogP contribution in [0.25, 0.3) is 10.9 Å². The van der Waals surface area contributed by atoms with Gasteiger partial charge in [-0.2, -0.15) is 0 Å². The number of ether oxygens (including phenoxy) is 1. The summed E-state index contributed by atoms with van der Waals surface area (Å²) in [5, 5.41) is 7.29. The summed E-state index contributed by atoms with van der Waals surface area (Å²) in [7, 11) is 1.57. The number of aryl methyl sites for hydroxylation is 1. The normalized spacial score (nSPS) is 20.2. The van der Waals surface area contributed by atoms with Gasteiger partial charge >= 0.3 is 0 Å². The molecule has 11 heteroatoms. The molecule has 3 unspecified atom stereocenters. The van der Waals surface area contributed by atoms with E-state index in [2.05, 4.69) is 27.8 Å². The van der Waals surface area contributed by atoms with Crippen LogP contribution in [0.2, 0.25) is 5.02 Å². The second-order valence-electron chi connectivity index (χ2n) is 13.7. The van der Waals surface area contributed by atoms with Gasteiger partial charge in [0.15, 0.2) is 0 Å². The van der Waals surface area contributed by atoms with E-state index in [9.17, 15) is 19.2 Å². The summed E-state index contributed by atoms with van der Waals surface area (Å²) in [5.74, 6) is -0.734. The van der Waals surface area contributed by atoms with Crippen LogP contribution < -0.4 is 15.4 Å². The lowest BCUT2D eigenvalue weighted by Gasteiger charge is -2.40. The van der Waals surface area contributed by atoms with Gasteiger partial charge in [-0.1, -0.05) is 48.0 Å². The van der Waals surface area contributed by atoms with Crippen molar-refractivity contribution in [3.63, 3.8) is 0 Å². The summed E-state index contributed by atoms with van der Waals surface area (Å²) in [4.78, 5) is 61.7. The van der Waals surface area contributed by atoms with E-state index in [4.69, 9.17) is 16.3 Å². The summed E-state index contributed by atoms with van der Waals surface area (Å²) in [5.41, 5.74) is 4.50. The highest BCUT2D eigenvalue weighted by Crippen LogP contribution is 2.37. The van der Waals surface area contributed by atoms with E-state index in [0.717, 1.165) is 40.6 Å². The number of carbonyl (C=O) groups is 4. The quantitative estimate of drug-likeness (QED) is 0.227. The molecule has 0 saturated carbocycles. The summed E-state index contributed by atoms with van der Waals surface area (Å²) >= 11 is 6.18. The molecule has 0 bridgehead atoms. The number of H-pyrrole nitrogens is 1. The monoisotopic (exact) mass is 695 g/mol. The fraction of sp³-hybridized carbons (Fsp3) is 0.385. The maximum absolute atomic E-state index is 14.2. The van der Waals surface area contributed by atoms with Gasteiger partial charge < -0.3 is 30.2 Å². The zero-order chi connectivity index (χ0) is 34.8. The fourth-order valence-corrected chi connectivity index (χ4v) is 8.05. The number of rotatable bonds is 10. The first-order valence-electron chi connectivity index (χ1n) is 17.4. The van der Waals surface area contributed by atoms with Gasteiger partial charge in [-0.3, -0.25) is 19.2 Å². The number of nitrogens with zero attached hydrogens (tertiary/aromatic N) is 2. The third-order valence-electron chi connectivity index (χ3n) is 10.5. The summed E-state index contributed by atoms with van der Waals surface area (Å²) < 4.78 is 5.64. The van der Waals surface area contributed by atoms with Gasteiger partial charge in [0, 0.05) is 67.3 Å². The number of hydrogen-bond donors (Lipinski definition) is 3. The molecule has 10 nitrogen and oxygen atoms in total. The Morgan fingerprint density at radius 1 is 0.980 bits per heavy atom. The lowest BCUT2D eigenvalue weighted by molar-refractivity contribution is -0.140. The zero-order valence-electron chi connectivity index (χ0n) is 28.1. The Labute approximate surface area is 296 Å². The largest absolute Gasteiger partial charge is 0.493 e. The highest BCUT2D eigenvalue weighted by Gasteiger charge is 2.48. The van der Waals surface area contributed by atoms with E-state index in [-0.39, 0.29) is 48.4 Å². The lowest BCUT2D eigenvalue weighted by atomic mass is 9.79.